The van der Waals surface area contributed by atoms with Crippen molar-refractivity contribution in [2.45, 2.75) is 17.9 Å². The maximum atomic E-state index is 12.5. The number of sulfonamides is 1. The summed E-state index contributed by atoms with van der Waals surface area (Å²) in [4.78, 5) is 0.0877. The van der Waals surface area contributed by atoms with Crippen LogP contribution in [0.2, 0.25) is 5.02 Å². The van der Waals surface area contributed by atoms with Gasteiger partial charge in [0.1, 0.15) is 10.6 Å². The second kappa shape index (κ2) is 5.32. The summed E-state index contributed by atoms with van der Waals surface area (Å²) >= 11 is 6.00. The van der Waals surface area contributed by atoms with E-state index in [1.807, 2.05) is 0 Å². The van der Waals surface area contributed by atoms with Crippen LogP contribution in [0.25, 0.3) is 0 Å². The molecule has 3 rings (SSSR count). The summed E-state index contributed by atoms with van der Waals surface area (Å²) in [6, 6.07) is 4.91. The molecule has 0 bridgehead atoms. The zero-order valence-corrected chi connectivity index (χ0v) is 12.9. The Balaban J connectivity index is 1.91. The topological polar surface area (TPSA) is 73.2 Å². The molecule has 2 heterocycles. The van der Waals surface area contributed by atoms with Crippen LogP contribution >= 0.6 is 11.6 Å². The van der Waals surface area contributed by atoms with E-state index >= 15 is 0 Å². The predicted octanol–water partition coefficient (Wildman–Crippen LogP) is 1.49. The molecule has 0 unspecified atom stereocenters. The highest BCUT2D eigenvalue weighted by Gasteiger charge is 2.26. The Bertz CT molecular complexity index is 786. The van der Waals surface area contributed by atoms with Crippen molar-refractivity contribution in [3.05, 3.63) is 40.7 Å². The first-order valence-corrected chi connectivity index (χ1v) is 8.25. The van der Waals surface area contributed by atoms with Gasteiger partial charge in [-0.3, -0.25) is 4.68 Å². The average Bonchev–Trinajstić information content (AvgIpc) is 3.04. The number of rotatable bonds is 4. The van der Waals surface area contributed by atoms with E-state index in [4.69, 9.17) is 16.3 Å². The van der Waals surface area contributed by atoms with E-state index in [2.05, 4.69) is 9.82 Å². The van der Waals surface area contributed by atoms with Crippen LogP contribution < -0.4 is 9.46 Å². The molecule has 0 radical (unpaired) electrons. The lowest BCUT2D eigenvalue weighted by Gasteiger charge is -2.11. The summed E-state index contributed by atoms with van der Waals surface area (Å²) in [7, 11) is -1.95. The Morgan fingerprint density at radius 2 is 2.29 bits per heavy atom. The van der Waals surface area contributed by atoms with Crippen molar-refractivity contribution in [1.29, 1.82) is 0 Å². The molecular formula is C13H14ClN3O3S. The standard InChI is InChI=1S/C13H14ClN3O3S/c1-17-11(2-4-15-17)8-16-21(18,19)12-7-10(14)6-9-3-5-20-13(9)12/h2,4,6-7,16H,3,5,8H2,1H3. The molecule has 0 fully saturated rings. The summed E-state index contributed by atoms with van der Waals surface area (Å²) in [6.07, 6.45) is 2.28. The molecule has 0 atom stereocenters. The van der Waals surface area contributed by atoms with Crippen LogP contribution in [0.15, 0.2) is 29.3 Å². The fraction of sp³-hybridized carbons (Fsp3) is 0.308. The molecule has 1 aromatic heterocycles. The van der Waals surface area contributed by atoms with Crippen LogP contribution in [0.4, 0.5) is 0 Å². The zero-order valence-electron chi connectivity index (χ0n) is 11.3. The molecule has 0 amide bonds. The maximum Gasteiger partial charge on any atom is 0.244 e. The molecule has 1 N–H and O–H groups in total. The number of hydrogen-bond acceptors (Lipinski definition) is 4. The van der Waals surface area contributed by atoms with E-state index in [-0.39, 0.29) is 11.4 Å². The molecule has 2 aromatic rings. The minimum atomic E-state index is -3.70. The fourth-order valence-electron chi connectivity index (χ4n) is 2.26. The molecule has 21 heavy (non-hydrogen) atoms. The number of ether oxygens (including phenoxy) is 1. The Hall–Kier alpha value is -1.57. The summed E-state index contributed by atoms with van der Waals surface area (Å²) in [6.45, 7) is 0.625. The Kier molecular flexibility index (Phi) is 3.64. The third-order valence-electron chi connectivity index (χ3n) is 3.37. The lowest BCUT2D eigenvalue weighted by Crippen LogP contribution is -2.25. The largest absolute Gasteiger partial charge is 0.492 e. The van der Waals surface area contributed by atoms with E-state index in [0.29, 0.717) is 23.8 Å². The highest BCUT2D eigenvalue weighted by Crippen LogP contribution is 2.35. The second-order valence-electron chi connectivity index (χ2n) is 4.76. The van der Waals surface area contributed by atoms with Gasteiger partial charge >= 0.3 is 0 Å². The first-order valence-electron chi connectivity index (χ1n) is 6.39. The number of hydrogen-bond donors (Lipinski definition) is 1. The Morgan fingerprint density at radius 3 is 3.00 bits per heavy atom. The highest BCUT2D eigenvalue weighted by atomic mass is 35.5. The van der Waals surface area contributed by atoms with E-state index in [9.17, 15) is 8.42 Å². The lowest BCUT2D eigenvalue weighted by atomic mass is 10.2. The number of benzene rings is 1. The highest BCUT2D eigenvalue weighted by molar-refractivity contribution is 7.89. The number of halogens is 1. The number of nitrogens with one attached hydrogen (secondary N) is 1. The van der Waals surface area contributed by atoms with Gasteiger partial charge in [-0.15, -0.1) is 0 Å². The molecular weight excluding hydrogens is 314 g/mol. The first kappa shape index (κ1) is 14.4. The molecule has 1 aliphatic rings. The summed E-state index contributed by atoms with van der Waals surface area (Å²) in [5.74, 6) is 0.400. The lowest BCUT2D eigenvalue weighted by molar-refractivity contribution is 0.348. The van der Waals surface area contributed by atoms with Gasteiger partial charge in [-0.2, -0.15) is 5.10 Å². The van der Waals surface area contributed by atoms with Crippen molar-refractivity contribution >= 4 is 21.6 Å². The van der Waals surface area contributed by atoms with Crippen LogP contribution in [0, 0.1) is 0 Å². The predicted molar refractivity (Wildman–Crippen MR) is 77.9 cm³/mol. The van der Waals surface area contributed by atoms with Gasteiger partial charge in [0.15, 0.2) is 0 Å². The molecule has 6 nitrogen and oxygen atoms in total. The van der Waals surface area contributed by atoms with Crippen LogP contribution in [0.5, 0.6) is 5.75 Å². The number of aryl methyl sites for hydroxylation is 1. The molecule has 0 saturated heterocycles. The van der Waals surface area contributed by atoms with Crippen molar-refractivity contribution in [2.24, 2.45) is 7.05 Å². The van der Waals surface area contributed by atoms with Crippen LogP contribution in [-0.4, -0.2) is 24.8 Å². The molecule has 8 heteroatoms. The molecule has 0 saturated carbocycles. The van der Waals surface area contributed by atoms with E-state index < -0.39 is 10.0 Å². The third kappa shape index (κ3) is 2.76. The monoisotopic (exact) mass is 327 g/mol. The second-order valence-corrected chi connectivity index (χ2v) is 6.93. The van der Waals surface area contributed by atoms with E-state index in [1.165, 1.54) is 6.07 Å². The van der Waals surface area contributed by atoms with Gasteiger partial charge in [0.05, 0.1) is 18.8 Å². The maximum absolute atomic E-state index is 12.5. The van der Waals surface area contributed by atoms with Crippen molar-refractivity contribution in [2.75, 3.05) is 6.61 Å². The van der Waals surface area contributed by atoms with Gasteiger partial charge in [0.2, 0.25) is 10.0 Å². The van der Waals surface area contributed by atoms with Gasteiger partial charge in [-0.25, -0.2) is 13.1 Å². The molecule has 1 aromatic carbocycles. The van der Waals surface area contributed by atoms with Gasteiger partial charge < -0.3 is 4.74 Å². The smallest absolute Gasteiger partial charge is 0.244 e. The number of fused-ring (bicyclic) bond motifs is 1. The van der Waals surface area contributed by atoms with Crippen LogP contribution in [0.3, 0.4) is 0 Å². The minimum absolute atomic E-state index is 0.0877. The van der Waals surface area contributed by atoms with Crippen molar-refractivity contribution < 1.29 is 13.2 Å². The first-order chi connectivity index (χ1) is 9.97. The van der Waals surface area contributed by atoms with Gasteiger partial charge in [0, 0.05) is 30.3 Å². The molecule has 0 spiro atoms. The van der Waals surface area contributed by atoms with E-state index in [0.717, 1.165) is 11.3 Å². The van der Waals surface area contributed by atoms with Gasteiger partial charge in [-0.05, 0) is 18.2 Å². The summed E-state index contributed by atoms with van der Waals surface area (Å²) < 4.78 is 34.5. The van der Waals surface area contributed by atoms with Crippen molar-refractivity contribution in [3.8, 4) is 5.75 Å². The van der Waals surface area contributed by atoms with E-state index in [1.54, 1.807) is 30.1 Å². The normalized spacial score (nSPS) is 14.0. The van der Waals surface area contributed by atoms with Crippen LogP contribution in [0.1, 0.15) is 11.3 Å². The SMILES string of the molecule is Cn1nccc1CNS(=O)(=O)c1cc(Cl)cc2c1OCC2. The third-order valence-corrected chi connectivity index (χ3v) is 4.99. The minimum Gasteiger partial charge on any atom is -0.492 e. The van der Waals surface area contributed by atoms with Gasteiger partial charge in [0.25, 0.3) is 0 Å². The zero-order chi connectivity index (χ0) is 15.0. The Labute approximate surface area is 127 Å². The number of aromatic nitrogens is 2. The van der Waals surface area contributed by atoms with Crippen molar-refractivity contribution in [1.82, 2.24) is 14.5 Å². The molecule has 112 valence electrons. The van der Waals surface area contributed by atoms with Gasteiger partial charge in [-0.1, -0.05) is 11.6 Å². The van der Waals surface area contributed by atoms with Crippen LogP contribution in [-0.2, 0) is 30.0 Å². The fourth-order valence-corrected chi connectivity index (χ4v) is 3.77. The number of nitrogens with zero attached hydrogens (tertiary/aromatic N) is 2. The molecule has 0 aliphatic carbocycles. The summed E-state index contributed by atoms with van der Waals surface area (Å²) in [5.41, 5.74) is 1.58. The summed E-state index contributed by atoms with van der Waals surface area (Å²) in [5, 5.41) is 4.39. The Morgan fingerprint density at radius 1 is 1.48 bits per heavy atom. The quantitative estimate of drug-likeness (QED) is 0.923. The average molecular weight is 328 g/mol. The molecule has 1 aliphatic heterocycles. The van der Waals surface area contributed by atoms with Crippen molar-refractivity contribution in [3.63, 3.8) is 0 Å².